The van der Waals surface area contributed by atoms with E-state index in [4.69, 9.17) is 11.6 Å². The van der Waals surface area contributed by atoms with Crippen molar-refractivity contribution in [3.63, 3.8) is 0 Å². The van der Waals surface area contributed by atoms with Gasteiger partial charge in [-0.15, -0.1) is 0 Å². The zero-order chi connectivity index (χ0) is 26.4. The molecule has 0 aliphatic rings. The number of carbonyl (C=O) groups is 2. The molecule has 0 saturated heterocycles. The number of nitriles is 1. The summed E-state index contributed by atoms with van der Waals surface area (Å²) in [5.74, 6) is -0.870. The molecule has 0 aliphatic carbocycles. The number of amides is 1. The average molecular weight is 516 g/mol. The minimum Gasteiger partial charge on any atom is -0.369 e. The second-order valence-corrected chi connectivity index (χ2v) is 8.75. The van der Waals surface area contributed by atoms with E-state index in [-0.39, 0.29) is 28.5 Å². The van der Waals surface area contributed by atoms with E-state index in [2.05, 4.69) is 21.8 Å². The van der Waals surface area contributed by atoms with Crippen LogP contribution >= 0.6 is 11.6 Å². The van der Waals surface area contributed by atoms with Crippen LogP contribution in [0.3, 0.4) is 0 Å². The van der Waals surface area contributed by atoms with Gasteiger partial charge in [0.05, 0.1) is 5.69 Å². The molecule has 3 aromatic carbocycles. The van der Waals surface area contributed by atoms with E-state index in [0.29, 0.717) is 41.6 Å². The van der Waals surface area contributed by atoms with Crippen LogP contribution in [0.4, 0.5) is 10.2 Å². The molecule has 0 spiro atoms. The van der Waals surface area contributed by atoms with Crippen molar-refractivity contribution in [2.45, 2.75) is 13.3 Å². The Balaban J connectivity index is 1.54. The lowest BCUT2D eigenvalue weighted by Gasteiger charge is -2.11. The van der Waals surface area contributed by atoms with Crippen molar-refractivity contribution in [2.75, 3.05) is 18.4 Å². The molecule has 2 N–H and O–H groups in total. The smallest absolute Gasteiger partial charge is 0.251 e. The topological polar surface area (TPSA) is 99.8 Å². The molecular formula is C28H23ClFN5O2. The predicted octanol–water partition coefficient (Wildman–Crippen LogP) is 5.31. The van der Waals surface area contributed by atoms with E-state index in [1.165, 1.54) is 28.9 Å². The van der Waals surface area contributed by atoms with Crippen molar-refractivity contribution in [1.82, 2.24) is 15.1 Å². The number of aromatic nitrogens is 2. The fourth-order valence-electron chi connectivity index (χ4n) is 3.69. The third-order valence-corrected chi connectivity index (χ3v) is 5.87. The first-order chi connectivity index (χ1) is 17.9. The summed E-state index contributed by atoms with van der Waals surface area (Å²) in [6.07, 6.45) is 0.499. The number of hydrogen-bond donors (Lipinski definition) is 2. The van der Waals surface area contributed by atoms with Crippen LogP contribution in [0.25, 0.3) is 5.69 Å². The van der Waals surface area contributed by atoms with Crippen LogP contribution in [-0.2, 0) is 0 Å². The third kappa shape index (κ3) is 6.02. The van der Waals surface area contributed by atoms with Crippen LogP contribution in [0, 0.1) is 24.1 Å². The zero-order valence-electron chi connectivity index (χ0n) is 20.0. The molecule has 4 rings (SSSR count). The van der Waals surface area contributed by atoms with Gasteiger partial charge in [0.1, 0.15) is 23.3 Å². The maximum atomic E-state index is 13.4. The normalized spacial score (nSPS) is 10.5. The number of anilines is 1. The molecule has 9 heteroatoms. The molecule has 0 saturated carbocycles. The number of carbonyl (C=O) groups excluding carboxylic acids is 2. The van der Waals surface area contributed by atoms with E-state index in [1.807, 2.05) is 19.1 Å². The highest BCUT2D eigenvalue weighted by atomic mass is 35.5. The van der Waals surface area contributed by atoms with Crippen LogP contribution in [0.2, 0.25) is 5.02 Å². The lowest BCUT2D eigenvalue weighted by Crippen LogP contribution is -2.26. The first kappa shape index (κ1) is 25.6. The number of nitrogens with zero attached hydrogens (tertiary/aromatic N) is 3. The number of rotatable bonds is 9. The van der Waals surface area contributed by atoms with Crippen LogP contribution in [0.5, 0.6) is 0 Å². The standard InChI is InChI=1S/C28H23ClFN5O2/c1-18-6-8-19(9-7-18)26(36)25-24(17-31)27(35(34-25)23-12-10-21(29)11-13-23)32-14-3-15-33-28(37)20-4-2-5-22(30)16-20/h2,4-13,16,32H,3,14-15H2,1H3,(H,33,37). The van der Waals surface area contributed by atoms with Gasteiger partial charge in [-0.2, -0.15) is 10.4 Å². The summed E-state index contributed by atoms with van der Waals surface area (Å²) in [5.41, 5.74) is 2.43. The van der Waals surface area contributed by atoms with Crippen LogP contribution in [-0.4, -0.2) is 34.6 Å². The summed E-state index contributed by atoms with van der Waals surface area (Å²) < 4.78 is 14.9. The van der Waals surface area contributed by atoms with E-state index < -0.39 is 5.82 Å². The summed E-state index contributed by atoms with van der Waals surface area (Å²) in [6.45, 7) is 2.61. The van der Waals surface area contributed by atoms with Gasteiger partial charge in [-0.1, -0.05) is 47.5 Å². The highest BCUT2D eigenvalue weighted by Gasteiger charge is 2.25. The molecule has 4 aromatic rings. The molecule has 1 amide bonds. The lowest BCUT2D eigenvalue weighted by molar-refractivity contribution is 0.0952. The maximum absolute atomic E-state index is 13.4. The first-order valence-corrected chi connectivity index (χ1v) is 11.9. The molecule has 1 heterocycles. The van der Waals surface area contributed by atoms with Gasteiger partial charge in [0.2, 0.25) is 5.78 Å². The first-order valence-electron chi connectivity index (χ1n) is 11.6. The Morgan fingerprint density at radius 2 is 1.76 bits per heavy atom. The van der Waals surface area contributed by atoms with Crippen molar-refractivity contribution in [3.05, 3.63) is 112 Å². The Morgan fingerprint density at radius 1 is 1.03 bits per heavy atom. The van der Waals surface area contributed by atoms with E-state index in [1.54, 1.807) is 36.4 Å². The second-order valence-electron chi connectivity index (χ2n) is 8.31. The SMILES string of the molecule is Cc1ccc(C(=O)c2nn(-c3ccc(Cl)cc3)c(NCCCNC(=O)c3cccc(F)c3)c2C#N)cc1. The van der Waals surface area contributed by atoms with Gasteiger partial charge in [-0.3, -0.25) is 9.59 Å². The fraction of sp³-hybridized carbons (Fsp3) is 0.143. The Kier molecular flexibility index (Phi) is 7.96. The van der Waals surface area contributed by atoms with Gasteiger partial charge < -0.3 is 10.6 Å². The highest BCUT2D eigenvalue weighted by molar-refractivity contribution is 6.30. The minimum atomic E-state index is -0.482. The van der Waals surface area contributed by atoms with Gasteiger partial charge in [0, 0.05) is 29.2 Å². The highest BCUT2D eigenvalue weighted by Crippen LogP contribution is 2.26. The molecule has 1 aromatic heterocycles. The van der Waals surface area contributed by atoms with Gasteiger partial charge in [-0.05, 0) is 55.8 Å². The summed E-state index contributed by atoms with van der Waals surface area (Å²) in [7, 11) is 0. The number of aryl methyl sites for hydroxylation is 1. The monoisotopic (exact) mass is 515 g/mol. The molecule has 0 bridgehead atoms. The number of ketones is 1. The molecule has 0 radical (unpaired) electrons. The number of halogens is 2. The van der Waals surface area contributed by atoms with Crippen LogP contribution in [0.1, 0.15) is 44.0 Å². The predicted molar refractivity (Wildman–Crippen MR) is 140 cm³/mol. The van der Waals surface area contributed by atoms with E-state index >= 15 is 0 Å². The van der Waals surface area contributed by atoms with Crippen molar-refractivity contribution < 1.29 is 14.0 Å². The molecular weight excluding hydrogens is 493 g/mol. The van der Waals surface area contributed by atoms with Crippen LogP contribution in [0.15, 0.2) is 72.8 Å². The molecule has 0 aliphatic heterocycles. The molecule has 37 heavy (non-hydrogen) atoms. The third-order valence-electron chi connectivity index (χ3n) is 5.62. The summed E-state index contributed by atoms with van der Waals surface area (Å²) >= 11 is 6.04. The average Bonchev–Trinajstić information content (AvgIpc) is 3.27. The minimum absolute atomic E-state index is 0.0308. The summed E-state index contributed by atoms with van der Waals surface area (Å²) in [6, 6.07) is 21.5. The largest absolute Gasteiger partial charge is 0.369 e. The van der Waals surface area contributed by atoms with Gasteiger partial charge in [-0.25, -0.2) is 9.07 Å². The molecule has 0 fully saturated rings. The quantitative estimate of drug-likeness (QED) is 0.232. The Hall–Kier alpha value is -4.48. The Labute approximate surface area is 218 Å². The molecule has 7 nitrogen and oxygen atoms in total. The van der Waals surface area contributed by atoms with E-state index in [0.717, 1.165) is 5.56 Å². The zero-order valence-corrected chi connectivity index (χ0v) is 20.7. The number of benzene rings is 3. The number of nitrogens with one attached hydrogen (secondary N) is 2. The fourth-order valence-corrected chi connectivity index (χ4v) is 3.81. The molecule has 186 valence electrons. The summed E-state index contributed by atoms with van der Waals surface area (Å²) in [5, 5.41) is 20.9. The van der Waals surface area contributed by atoms with E-state index in [9.17, 15) is 19.2 Å². The van der Waals surface area contributed by atoms with Gasteiger partial charge in [0.25, 0.3) is 5.91 Å². The maximum Gasteiger partial charge on any atom is 0.251 e. The van der Waals surface area contributed by atoms with Crippen molar-refractivity contribution >= 4 is 29.1 Å². The van der Waals surface area contributed by atoms with Gasteiger partial charge in [0.15, 0.2) is 5.69 Å². The summed E-state index contributed by atoms with van der Waals surface area (Å²) in [4.78, 5) is 25.5. The number of hydrogen-bond acceptors (Lipinski definition) is 5. The molecule has 0 unspecified atom stereocenters. The van der Waals surface area contributed by atoms with Crippen molar-refractivity contribution in [1.29, 1.82) is 5.26 Å². The van der Waals surface area contributed by atoms with Crippen LogP contribution < -0.4 is 10.6 Å². The Morgan fingerprint density at radius 3 is 2.43 bits per heavy atom. The molecule has 0 atom stereocenters. The lowest BCUT2D eigenvalue weighted by atomic mass is 10.0. The van der Waals surface area contributed by atoms with Crippen molar-refractivity contribution in [3.8, 4) is 11.8 Å². The van der Waals surface area contributed by atoms with Crippen molar-refractivity contribution in [2.24, 2.45) is 0 Å². The Bertz CT molecular complexity index is 1470. The van der Waals surface area contributed by atoms with Gasteiger partial charge >= 0.3 is 0 Å². The second kappa shape index (κ2) is 11.5.